The SMILES string of the molecule is COCCOc1ccc(-c2cc(C)nc(C)c2)cc1. The molecule has 3 heteroatoms. The summed E-state index contributed by atoms with van der Waals surface area (Å²) in [5.41, 5.74) is 4.44. The number of hydrogen-bond acceptors (Lipinski definition) is 3. The third kappa shape index (κ3) is 3.80. The topological polar surface area (TPSA) is 31.4 Å². The van der Waals surface area contributed by atoms with E-state index in [1.807, 2.05) is 26.0 Å². The smallest absolute Gasteiger partial charge is 0.119 e. The van der Waals surface area contributed by atoms with Crippen LogP contribution in [0, 0.1) is 13.8 Å². The van der Waals surface area contributed by atoms with Crippen LogP contribution in [0.15, 0.2) is 36.4 Å². The molecule has 3 nitrogen and oxygen atoms in total. The van der Waals surface area contributed by atoms with Gasteiger partial charge in [-0.05, 0) is 49.2 Å². The summed E-state index contributed by atoms with van der Waals surface area (Å²) in [6, 6.07) is 12.3. The molecule has 2 aromatic rings. The molecule has 0 radical (unpaired) electrons. The second-order valence-electron chi connectivity index (χ2n) is 4.50. The molecule has 1 heterocycles. The molecule has 0 amide bonds. The summed E-state index contributed by atoms with van der Waals surface area (Å²) in [5, 5.41) is 0. The molecular weight excluding hydrogens is 238 g/mol. The lowest BCUT2D eigenvalue weighted by Crippen LogP contribution is -2.03. The second kappa shape index (κ2) is 6.34. The molecular formula is C16H19NO2. The number of pyridine rings is 1. The van der Waals surface area contributed by atoms with E-state index in [9.17, 15) is 0 Å². The molecule has 1 aromatic carbocycles. The van der Waals surface area contributed by atoms with Gasteiger partial charge < -0.3 is 9.47 Å². The first-order valence-electron chi connectivity index (χ1n) is 6.36. The zero-order chi connectivity index (χ0) is 13.7. The predicted octanol–water partition coefficient (Wildman–Crippen LogP) is 3.39. The third-order valence-corrected chi connectivity index (χ3v) is 2.83. The van der Waals surface area contributed by atoms with Crippen molar-refractivity contribution < 1.29 is 9.47 Å². The van der Waals surface area contributed by atoms with Crippen LogP contribution in [-0.4, -0.2) is 25.3 Å². The van der Waals surface area contributed by atoms with Crippen LogP contribution in [0.4, 0.5) is 0 Å². The largest absolute Gasteiger partial charge is 0.491 e. The lowest BCUT2D eigenvalue weighted by molar-refractivity contribution is 0.146. The van der Waals surface area contributed by atoms with Crippen LogP contribution in [0.5, 0.6) is 5.75 Å². The van der Waals surface area contributed by atoms with E-state index >= 15 is 0 Å². The van der Waals surface area contributed by atoms with E-state index < -0.39 is 0 Å². The first kappa shape index (κ1) is 13.6. The minimum atomic E-state index is 0.573. The Labute approximate surface area is 114 Å². The monoisotopic (exact) mass is 257 g/mol. The van der Waals surface area contributed by atoms with Crippen LogP contribution in [0.1, 0.15) is 11.4 Å². The maximum atomic E-state index is 5.55. The molecule has 0 fully saturated rings. The van der Waals surface area contributed by atoms with Gasteiger partial charge in [0.2, 0.25) is 0 Å². The van der Waals surface area contributed by atoms with Crippen LogP contribution < -0.4 is 4.74 Å². The van der Waals surface area contributed by atoms with Gasteiger partial charge in [0.25, 0.3) is 0 Å². The Hall–Kier alpha value is -1.87. The Morgan fingerprint density at radius 2 is 1.53 bits per heavy atom. The molecule has 0 aliphatic heterocycles. The van der Waals surface area contributed by atoms with Crippen LogP contribution in [0.2, 0.25) is 0 Å². The Bertz CT molecular complexity index is 515. The van der Waals surface area contributed by atoms with Gasteiger partial charge in [-0.25, -0.2) is 0 Å². The zero-order valence-electron chi connectivity index (χ0n) is 11.6. The molecule has 0 saturated carbocycles. The third-order valence-electron chi connectivity index (χ3n) is 2.83. The molecule has 1 aromatic heterocycles. The van der Waals surface area contributed by atoms with Gasteiger partial charge in [-0.2, -0.15) is 0 Å². The molecule has 0 bridgehead atoms. The van der Waals surface area contributed by atoms with E-state index in [-0.39, 0.29) is 0 Å². The first-order chi connectivity index (χ1) is 9.19. The van der Waals surface area contributed by atoms with Gasteiger partial charge in [-0.3, -0.25) is 4.98 Å². The van der Waals surface area contributed by atoms with Crippen LogP contribution in [0.25, 0.3) is 11.1 Å². The number of methoxy groups -OCH3 is 1. The van der Waals surface area contributed by atoms with E-state index in [2.05, 4.69) is 29.2 Å². The quantitative estimate of drug-likeness (QED) is 0.769. The summed E-state index contributed by atoms with van der Waals surface area (Å²) in [7, 11) is 1.67. The van der Waals surface area contributed by atoms with Gasteiger partial charge in [0.05, 0.1) is 6.61 Å². The molecule has 0 N–H and O–H groups in total. The van der Waals surface area contributed by atoms with Gasteiger partial charge in [-0.1, -0.05) is 12.1 Å². The fourth-order valence-electron chi connectivity index (χ4n) is 1.99. The fraction of sp³-hybridized carbons (Fsp3) is 0.312. The van der Waals surface area contributed by atoms with E-state index in [4.69, 9.17) is 9.47 Å². The van der Waals surface area contributed by atoms with Crippen molar-refractivity contribution in [3.8, 4) is 16.9 Å². The highest BCUT2D eigenvalue weighted by molar-refractivity contribution is 5.64. The molecule has 0 unspecified atom stereocenters. The summed E-state index contributed by atoms with van der Waals surface area (Å²) in [6.45, 7) is 5.20. The average Bonchev–Trinajstić information content (AvgIpc) is 2.39. The van der Waals surface area contributed by atoms with Crippen LogP contribution in [0.3, 0.4) is 0 Å². The lowest BCUT2D eigenvalue weighted by atomic mass is 10.1. The molecule has 0 aliphatic carbocycles. The van der Waals surface area contributed by atoms with E-state index in [0.717, 1.165) is 17.1 Å². The van der Waals surface area contributed by atoms with Crippen LogP contribution in [-0.2, 0) is 4.74 Å². The first-order valence-corrected chi connectivity index (χ1v) is 6.36. The fourth-order valence-corrected chi connectivity index (χ4v) is 1.99. The Morgan fingerprint density at radius 3 is 2.11 bits per heavy atom. The van der Waals surface area contributed by atoms with Gasteiger partial charge in [-0.15, -0.1) is 0 Å². The van der Waals surface area contributed by atoms with Crippen molar-refractivity contribution in [2.24, 2.45) is 0 Å². The van der Waals surface area contributed by atoms with Crippen molar-refractivity contribution in [1.82, 2.24) is 4.98 Å². The van der Waals surface area contributed by atoms with Gasteiger partial charge in [0.1, 0.15) is 12.4 Å². The number of nitrogens with zero attached hydrogens (tertiary/aromatic N) is 1. The Kier molecular flexibility index (Phi) is 4.53. The van der Waals surface area contributed by atoms with Gasteiger partial charge in [0.15, 0.2) is 0 Å². The second-order valence-corrected chi connectivity index (χ2v) is 4.50. The highest BCUT2D eigenvalue weighted by atomic mass is 16.5. The van der Waals surface area contributed by atoms with Crippen molar-refractivity contribution >= 4 is 0 Å². The Balaban J connectivity index is 2.13. The van der Waals surface area contributed by atoms with Crippen LogP contribution >= 0.6 is 0 Å². The molecule has 0 spiro atoms. The minimum absolute atomic E-state index is 0.573. The molecule has 100 valence electrons. The van der Waals surface area contributed by atoms with Crippen molar-refractivity contribution in [2.45, 2.75) is 13.8 Å². The lowest BCUT2D eigenvalue weighted by Gasteiger charge is -2.08. The number of hydrogen-bond donors (Lipinski definition) is 0. The highest BCUT2D eigenvalue weighted by Gasteiger charge is 2.01. The van der Waals surface area contributed by atoms with Crippen molar-refractivity contribution in [3.63, 3.8) is 0 Å². The number of aromatic nitrogens is 1. The summed E-state index contributed by atoms with van der Waals surface area (Å²) in [4.78, 5) is 4.39. The number of benzene rings is 1. The average molecular weight is 257 g/mol. The van der Waals surface area contributed by atoms with E-state index in [0.29, 0.717) is 13.2 Å². The predicted molar refractivity (Wildman–Crippen MR) is 76.5 cm³/mol. The highest BCUT2D eigenvalue weighted by Crippen LogP contribution is 2.23. The summed E-state index contributed by atoms with van der Waals surface area (Å²) >= 11 is 0. The summed E-state index contributed by atoms with van der Waals surface area (Å²) in [6.07, 6.45) is 0. The molecule has 0 aliphatic rings. The van der Waals surface area contributed by atoms with Gasteiger partial charge in [0, 0.05) is 18.5 Å². The van der Waals surface area contributed by atoms with Crippen molar-refractivity contribution in [1.29, 1.82) is 0 Å². The standard InChI is InChI=1S/C16H19NO2/c1-12-10-15(11-13(2)17-12)14-4-6-16(7-5-14)19-9-8-18-3/h4-7,10-11H,8-9H2,1-3H3. The maximum Gasteiger partial charge on any atom is 0.119 e. The summed E-state index contributed by atoms with van der Waals surface area (Å²) in [5.74, 6) is 0.864. The zero-order valence-corrected chi connectivity index (χ0v) is 11.6. The number of ether oxygens (including phenoxy) is 2. The van der Waals surface area contributed by atoms with Crippen molar-refractivity contribution in [3.05, 3.63) is 47.8 Å². The molecule has 0 saturated heterocycles. The molecule has 0 atom stereocenters. The van der Waals surface area contributed by atoms with Crippen molar-refractivity contribution in [2.75, 3.05) is 20.3 Å². The minimum Gasteiger partial charge on any atom is -0.491 e. The molecule has 19 heavy (non-hydrogen) atoms. The summed E-state index contributed by atoms with van der Waals surface area (Å²) < 4.78 is 10.5. The maximum absolute atomic E-state index is 5.55. The number of rotatable bonds is 5. The number of aryl methyl sites for hydroxylation is 2. The molecule has 2 rings (SSSR count). The van der Waals surface area contributed by atoms with Gasteiger partial charge >= 0.3 is 0 Å². The normalized spacial score (nSPS) is 10.5. The van der Waals surface area contributed by atoms with E-state index in [1.165, 1.54) is 11.1 Å². The van der Waals surface area contributed by atoms with E-state index in [1.54, 1.807) is 7.11 Å². The Morgan fingerprint density at radius 1 is 0.895 bits per heavy atom.